The molecule has 4 nitrogen and oxygen atoms in total. The number of hydrogen-bond donors (Lipinski definition) is 3. The maximum absolute atomic E-state index is 9.87. The molecule has 2 aromatic rings. The van der Waals surface area contributed by atoms with Crippen LogP contribution in [0.2, 0.25) is 0 Å². The first-order chi connectivity index (χ1) is 11.5. The molecule has 0 fully saturated rings. The van der Waals surface area contributed by atoms with E-state index in [1.165, 1.54) is 4.88 Å². The second-order valence-corrected chi connectivity index (χ2v) is 7.05. The van der Waals surface area contributed by atoms with Gasteiger partial charge in [0.1, 0.15) is 5.75 Å². The lowest BCUT2D eigenvalue weighted by Gasteiger charge is -2.15. The number of halogens is 1. The normalized spacial score (nSPS) is 12.4. The summed E-state index contributed by atoms with van der Waals surface area (Å²) in [5.41, 5.74) is 2.89. The minimum atomic E-state index is 0. The van der Waals surface area contributed by atoms with Crippen molar-refractivity contribution in [3.63, 3.8) is 0 Å². The van der Waals surface area contributed by atoms with Gasteiger partial charge in [0.25, 0.3) is 0 Å². The Kier molecular flexibility index (Phi) is 9.27. The minimum absolute atomic E-state index is 0. The summed E-state index contributed by atoms with van der Waals surface area (Å²) in [5.74, 6) is 1.65. The molecule has 0 spiro atoms. The number of aliphatic imine (C=N–C) groups is 1. The average Bonchev–Trinajstić information content (AvgIpc) is 3.09. The Balaban J connectivity index is 0.00000312. The number of phenols is 1. The first kappa shape index (κ1) is 21.8. The summed E-state index contributed by atoms with van der Waals surface area (Å²) in [6.07, 6.45) is 0. The number of aromatic hydroxyl groups is 1. The molecule has 2 rings (SSSR count). The van der Waals surface area contributed by atoms with Gasteiger partial charge in [0, 0.05) is 23.9 Å². The first-order valence-corrected chi connectivity index (χ1v) is 9.24. The number of nitrogens with one attached hydrogen (secondary N) is 2. The highest BCUT2D eigenvalue weighted by Gasteiger charge is 2.08. The highest BCUT2D eigenvalue weighted by atomic mass is 127. The van der Waals surface area contributed by atoms with Crippen molar-refractivity contribution in [3.05, 3.63) is 51.2 Å². The van der Waals surface area contributed by atoms with Crippen molar-refractivity contribution in [1.82, 2.24) is 10.6 Å². The van der Waals surface area contributed by atoms with Gasteiger partial charge in [-0.3, -0.25) is 0 Å². The van der Waals surface area contributed by atoms with E-state index < -0.39 is 0 Å². The first-order valence-electron chi connectivity index (χ1n) is 8.36. The summed E-state index contributed by atoms with van der Waals surface area (Å²) in [6.45, 7) is 10.4. The highest BCUT2D eigenvalue weighted by molar-refractivity contribution is 14.0. The minimum Gasteiger partial charge on any atom is -0.507 e. The molecule has 6 heteroatoms. The summed E-state index contributed by atoms with van der Waals surface area (Å²) in [4.78, 5) is 6.04. The van der Waals surface area contributed by atoms with Crippen molar-refractivity contribution in [2.45, 2.75) is 40.2 Å². The Hall–Kier alpha value is -1.28. The van der Waals surface area contributed by atoms with Crippen molar-refractivity contribution in [1.29, 1.82) is 0 Å². The molecule has 1 aromatic heterocycles. The molecular weight excluding hydrogens is 445 g/mol. The summed E-state index contributed by atoms with van der Waals surface area (Å²) in [5, 5.41) is 18.7. The van der Waals surface area contributed by atoms with Gasteiger partial charge in [0.2, 0.25) is 0 Å². The fourth-order valence-corrected chi connectivity index (χ4v) is 3.36. The number of benzene rings is 1. The number of hydrogen-bond acceptors (Lipinski definition) is 3. The Morgan fingerprint density at radius 2 is 1.92 bits per heavy atom. The van der Waals surface area contributed by atoms with Crippen molar-refractivity contribution in [2.24, 2.45) is 4.99 Å². The lowest BCUT2D eigenvalue weighted by Crippen LogP contribution is -2.39. The number of phenolic OH excluding ortho intramolecular Hbond substituents is 1. The fourth-order valence-electron chi connectivity index (χ4n) is 2.57. The summed E-state index contributed by atoms with van der Waals surface area (Å²) < 4.78 is 0. The second kappa shape index (κ2) is 10.7. The van der Waals surface area contributed by atoms with E-state index in [-0.39, 0.29) is 24.0 Å². The average molecular weight is 473 g/mol. The number of rotatable bonds is 6. The van der Waals surface area contributed by atoms with E-state index >= 15 is 0 Å². The largest absolute Gasteiger partial charge is 0.507 e. The molecule has 1 heterocycles. The van der Waals surface area contributed by atoms with Crippen LogP contribution in [-0.4, -0.2) is 24.2 Å². The molecule has 0 bridgehead atoms. The third-order valence-electron chi connectivity index (χ3n) is 3.92. The molecule has 0 amide bonds. The van der Waals surface area contributed by atoms with E-state index in [1.807, 2.05) is 26.0 Å². The number of guanidine groups is 1. The molecular formula is C19H28IN3OS. The summed E-state index contributed by atoms with van der Waals surface area (Å²) in [6, 6.07) is 8.24. The second-order valence-electron chi connectivity index (χ2n) is 6.07. The molecule has 0 aliphatic carbocycles. The quantitative estimate of drug-likeness (QED) is 0.328. The van der Waals surface area contributed by atoms with Crippen molar-refractivity contribution in [2.75, 3.05) is 13.1 Å². The molecule has 0 saturated carbocycles. The topological polar surface area (TPSA) is 56.7 Å². The molecule has 3 N–H and O–H groups in total. The molecule has 0 radical (unpaired) electrons. The molecule has 138 valence electrons. The van der Waals surface area contributed by atoms with Gasteiger partial charge in [0.15, 0.2) is 5.96 Å². The maximum Gasteiger partial charge on any atom is 0.191 e. The standard InChI is InChI=1S/C19H27N3OS.HI/c1-5-20-19(21-11-15(4)17-7-6-8-24-17)22-12-16-9-13(2)18(23)14(3)10-16;/h6-10,15,23H,5,11-12H2,1-4H3,(H2,20,21,22);1H. The van der Waals surface area contributed by atoms with Crippen LogP contribution in [-0.2, 0) is 6.54 Å². The van der Waals surface area contributed by atoms with Gasteiger partial charge in [-0.15, -0.1) is 35.3 Å². The zero-order chi connectivity index (χ0) is 17.5. The Labute approximate surface area is 171 Å². The maximum atomic E-state index is 9.87. The van der Waals surface area contributed by atoms with Crippen molar-refractivity contribution >= 4 is 41.3 Å². The highest BCUT2D eigenvalue weighted by Crippen LogP contribution is 2.23. The van der Waals surface area contributed by atoms with E-state index in [1.54, 1.807) is 11.3 Å². The van der Waals surface area contributed by atoms with Crippen LogP contribution in [0.25, 0.3) is 0 Å². The summed E-state index contributed by atoms with van der Waals surface area (Å²) in [7, 11) is 0. The van der Waals surface area contributed by atoms with Crippen LogP contribution < -0.4 is 10.6 Å². The van der Waals surface area contributed by atoms with Gasteiger partial charge < -0.3 is 15.7 Å². The van der Waals surface area contributed by atoms with E-state index in [0.29, 0.717) is 18.2 Å². The van der Waals surface area contributed by atoms with Crippen LogP contribution in [0, 0.1) is 13.8 Å². The van der Waals surface area contributed by atoms with Crippen molar-refractivity contribution < 1.29 is 5.11 Å². The van der Waals surface area contributed by atoms with Crippen LogP contribution in [0.3, 0.4) is 0 Å². The Morgan fingerprint density at radius 1 is 1.24 bits per heavy atom. The molecule has 0 aliphatic heterocycles. The van der Waals surface area contributed by atoms with E-state index in [2.05, 4.69) is 47.0 Å². The number of nitrogens with zero attached hydrogens (tertiary/aromatic N) is 1. The monoisotopic (exact) mass is 473 g/mol. The summed E-state index contributed by atoms with van der Waals surface area (Å²) >= 11 is 1.79. The molecule has 1 atom stereocenters. The molecule has 25 heavy (non-hydrogen) atoms. The lowest BCUT2D eigenvalue weighted by molar-refractivity contribution is 0.466. The molecule has 0 aliphatic rings. The third-order valence-corrected chi connectivity index (χ3v) is 5.02. The van der Waals surface area contributed by atoms with Gasteiger partial charge >= 0.3 is 0 Å². The zero-order valence-corrected chi connectivity index (χ0v) is 18.4. The van der Waals surface area contributed by atoms with Gasteiger partial charge in [0.05, 0.1) is 6.54 Å². The third kappa shape index (κ3) is 6.51. The van der Waals surface area contributed by atoms with Crippen molar-refractivity contribution in [3.8, 4) is 5.75 Å². The van der Waals surface area contributed by atoms with Gasteiger partial charge in [-0.05, 0) is 48.9 Å². The predicted molar refractivity (Wildman–Crippen MR) is 119 cm³/mol. The zero-order valence-electron chi connectivity index (χ0n) is 15.3. The van der Waals surface area contributed by atoms with Crippen LogP contribution in [0.4, 0.5) is 0 Å². The fraction of sp³-hybridized carbons (Fsp3) is 0.421. The van der Waals surface area contributed by atoms with E-state index in [4.69, 9.17) is 0 Å². The lowest BCUT2D eigenvalue weighted by atomic mass is 10.1. The van der Waals surface area contributed by atoms with Crippen LogP contribution in [0.1, 0.15) is 41.3 Å². The molecule has 0 saturated heterocycles. The van der Waals surface area contributed by atoms with Crippen LogP contribution in [0.15, 0.2) is 34.6 Å². The SMILES string of the molecule is CCNC(=NCc1cc(C)c(O)c(C)c1)NCC(C)c1cccs1.I. The van der Waals surface area contributed by atoms with Crippen LogP contribution >= 0.6 is 35.3 Å². The Bertz CT molecular complexity index is 663. The number of thiophene rings is 1. The van der Waals surface area contributed by atoms with E-state index in [0.717, 1.165) is 35.7 Å². The smallest absolute Gasteiger partial charge is 0.191 e. The van der Waals surface area contributed by atoms with Gasteiger partial charge in [-0.1, -0.05) is 25.1 Å². The van der Waals surface area contributed by atoms with E-state index in [9.17, 15) is 5.11 Å². The Morgan fingerprint density at radius 3 is 2.48 bits per heavy atom. The van der Waals surface area contributed by atoms with Gasteiger partial charge in [-0.2, -0.15) is 0 Å². The molecule has 1 unspecified atom stereocenters. The predicted octanol–water partition coefficient (Wildman–Crippen LogP) is 4.55. The molecule has 1 aromatic carbocycles. The van der Waals surface area contributed by atoms with Crippen LogP contribution in [0.5, 0.6) is 5.75 Å². The van der Waals surface area contributed by atoms with Gasteiger partial charge in [-0.25, -0.2) is 4.99 Å². The number of aryl methyl sites for hydroxylation is 2.